The van der Waals surface area contributed by atoms with E-state index in [1.54, 1.807) is 0 Å². The van der Waals surface area contributed by atoms with Crippen LogP contribution in [0.2, 0.25) is 0 Å². The lowest BCUT2D eigenvalue weighted by Gasteiger charge is -2.25. The van der Waals surface area contributed by atoms with Gasteiger partial charge in [-0.05, 0) is 39.3 Å². The summed E-state index contributed by atoms with van der Waals surface area (Å²) < 4.78 is 11.2. The van der Waals surface area contributed by atoms with Crippen LogP contribution in [-0.4, -0.2) is 62.9 Å². The normalized spacial score (nSPS) is 23.9. The molecule has 1 atom stereocenters. The molecule has 2 heterocycles. The predicted octanol–water partition coefficient (Wildman–Crippen LogP) is 1.03. The molecule has 0 aromatic heterocycles. The molecule has 1 unspecified atom stereocenters. The fourth-order valence-electron chi connectivity index (χ4n) is 2.88. The highest BCUT2D eigenvalue weighted by Crippen LogP contribution is 2.14. The van der Waals surface area contributed by atoms with Crippen molar-refractivity contribution < 1.29 is 14.3 Å². The van der Waals surface area contributed by atoms with E-state index < -0.39 is 0 Å². The van der Waals surface area contributed by atoms with E-state index in [2.05, 4.69) is 5.32 Å². The Morgan fingerprint density at radius 3 is 2.80 bits per heavy atom. The molecule has 5 nitrogen and oxygen atoms in total. The van der Waals surface area contributed by atoms with E-state index in [1.165, 1.54) is 0 Å². The van der Waals surface area contributed by atoms with Gasteiger partial charge in [0.2, 0.25) is 5.91 Å². The van der Waals surface area contributed by atoms with Crippen molar-refractivity contribution in [3.63, 3.8) is 0 Å². The van der Waals surface area contributed by atoms with Gasteiger partial charge in [0.25, 0.3) is 0 Å². The summed E-state index contributed by atoms with van der Waals surface area (Å²) in [5, 5.41) is 3.31. The molecule has 0 aromatic rings. The van der Waals surface area contributed by atoms with Gasteiger partial charge in [0.1, 0.15) is 0 Å². The number of hydrogen-bond acceptors (Lipinski definition) is 4. The molecule has 2 fully saturated rings. The van der Waals surface area contributed by atoms with E-state index in [-0.39, 0.29) is 5.91 Å². The average molecular weight is 284 g/mol. The van der Waals surface area contributed by atoms with Crippen LogP contribution in [0.5, 0.6) is 0 Å². The quantitative estimate of drug-likeness (QED) is 0.758. The minimum atomic E-state index is 0.216. The topological polar surface area (TPSA) is 50.8 Å². The summed E-state index contributed by atoms with van der Waals surface area (Å²) in [6.45, 7) is 7.92. The molecule has 2 rings (SSSR count). The van der Waals surface area contributed by atoms with Crippen molar-refractivity contribution in [3.8, 4) is 0 Å². The zero-order valence-electron chi connectivity index (χ0n) is 12.6. The fourth-order valence-corrected chi connectivity index (χ4v) is 2.88. The second-order valence-electron chi connectivity index (χ2n) is 5.73. The summed E-state index contributed by atoms with van der Waals surface area (Å²) in [4.78, 5) is 14.1. The smallest absolute Gasteiger partial charge is 0.224 e. The summed E-state index contributed by atoms with van der Waals surface area (Å²) in [5.74, 6) is 0.734. The van der Waals surface area contributed by atoms with Crippen LogP contribution in [0.25, 0.3) is 0 Å². The molecular formula is C15H28N2O3. The monoisotopic (exact) mass is 284 g/mol. The highest BCUT2D eigenvalue weighted by Gasteiger charge is 2.21. The first-order chi connectivity index (χ1) is 9.79. The van der Waals surface area contributed by atoms with Crippen molar-refractivity contribution in [3.05, 3.63) is 0 Å². The summed E-state index contributed by atoms with van der Waals surface area (Å²) >= 11 is 0. The molecule has 0 radical (unpaired) electrons. The van der Waals surface area contributed by atoms with Crippen LogP contribution >= 0.6 is 0 Å². The van der Waals surface area contributed by atoms with E-state index in [0.29, 0.717) is 25.0 Å². The SMILES string of the molecule is CCN(CC1CCOC1)C(=O)CCOC1CCNCC1. The van der Waals surface area contributed by atoms with Crippen LogP contribution in [-0.2, 0) is 14.3 Å². The second-order valence-corrected chi connectivity index (χ2v) is 5.73. The molecule has 2 aliphatic rings. The minimum Gasteiger partial charge on any atom is -0.381 e. The number of nitrogens with one attached hydrogen (secondary N) is 1. The van der Waals surface area contributed by atoms with Gasteiger partial charge >= 0.3 is 0 Å². The summed E-state index contributed by atoms with van der Waals surface area (Å²) in [7, 11) is 0. The van der Waals surface area contributed by atoms with Gasteiger partial charge in [-0.3, -0.25) is 4.79 Å². The number of rotatable bonds is 7. The van der Waals surface area contributed by atoms with Gasteiger partial charge in [0, 0.05) is 25.6 Å². The third-order valence-electron chi connectivity index (χ3n) is 4.19. The first-order valence-corrected chi connectivity index (χ1v) is 7.97. The average Bonchev–Trinajstić information content (AvgIpc) is 2.98. The van der Waals surface area contributed by atoms with Gasteiger partial charge in [-0.2, -0.15) is 0 Å². The highest BCUT2D eigenvalue weighted by molar-refractivity contribution is 5.76. The molecule has 0 aliphatic carbocycles. The van der Waals surface area contributed by atoms with Crippen molar-refractivity contribution in [2.45, 2.75) is 38.7 Å². The first kappa shape index (κ1) is 15.7. The van der Waals surface area contributed by atoms with Crippen LogP contribution in [0.15, 0.2) is 0 Å². The number of amides is 1. The highest BCUT2D eigenvalue weighted by atomic mass is 16.5. The van der Waals surface area contributed by atoms with Crippen molar-refractivity contribution in [2.24, 2.45) is 5.92 Å². The molecule has 2 saturated heterocycles. The number of carbonyl (C=O) groups is 1. The maximum atomic E-state index is 12.2. The Balaban J connectivity index is 1.63. The Bertz CT molecular complexity index is 287. The molecule has 1 N–H and O–H groups in total. The van der Waals surface area contributed by atoms with Gasteiger partial charge in [0.05, 0.1) is 25.7 Å². The van der Waals surface area contributed by atoms with E-state index in [0.717, 1.165) is 58.7 Å². The van der Waals surface area contributed by atoms with Gasteiger partial charge in [-0.25, -0.2) is 0 Å². The number of ether oxygens (including phenoxy) is 2. The molecule has 0 saturated carbocycles. The van der Waals surface area contributed by atoms with E-state index in [9.17, 15) is 4.79 Å². The first-order valence-electron chi connectivity index (χ1n) is 7.97. The molecule has 0 spiro atoms. The second kappa shape index (κ2) is 8.60. The summed E-state index contributed by atoms with van der Waals surface area (Å²) in [5.41, 5.74) is 0. The Kier molecular flexibility index (Phi) is 6.76. The third-order valence-corrected chi connectivity index (χ3v) is 4.19. The van der Waals surface area contributed by atoms with Gasteiger partial charge in [-0.15, -0.1) is 0 Å². The molecule has 2 aliphatic heterocycles. The van der Waals surface area contributed by atoms with Gasteiger partial charge in [-0.1, -0.05) is 0 Å². The van der Waals surface area contributed by atoms with Crippen LogP contribution in [0, 0.1) is 5.92 Å². The number of piperidine rings is 1. The number of nitrogens with zero attached hydrogens (tertiary/aromatic N) is 1. The fraction of sp³-hybridized carbons (Fsp3) is 0.933. The third kappa shape index (κ3) is 5.04. The lowest BCUT2D eigenvalue weighted by atomic mass is 10.1. The molecule has 0 aromatic carbocycles. The predicted molar refractivity (Wildman–Crippen MR) is 77.6 cm³/mol. The van der Waals surface area contributed by atoms with E-state index >= 15 is 0 Å². The Hall–Kier alpha value is -0.650. The van der Waals surface area contributed by atoms with Crippen molar-refractivity contribution in [1.82, 2.24) is 10.2 Å². The molecular weight excluding hydrogens is 256 g/mol. The Morgan fingerprint density at radius 1 is 1.35 bits per heavy atom. The van der Waals surface area contributed by atoms with Gasteiger partial charge in [0.15, 0.2) is 0 Å². The molecule has 20 heavy (non-hydrogen) atoms. The Labute approximate surface area is 122 Å². The van der Waals surface area contributed by atoms with Crippen molar-refractivity contribution in [1.29, 1.82) is 0 Å². The minimum absolute atomic E-state index is 0.216. The number of carbonyl (C=O) groups excluding carboxylic acids is 1. The largest absolute Gasteiger partial charge is 0.381 e. The van der Waals surface area contributed by atoms with Crippen LogP contribution in [0.1, 0.15) is 32.6 Å². The number of hydrogen-bond donors (Lipinski definition) is 1. The standard InChI is InChI=1S/C15H28N2O3/c1-2-17(11-13-5-9-19-12-13)15(18)6-10-20-14-3-7-16-8-4-14/h13-14,16H,2-12H2,1H3. The van der Waals surface area contributed by atoms with Crippen molar-refractivity contribution >= 4 is 5.91 Å². The van der Waals surface area contributed by atoms with Crippen LogP contribution in [0.4, 0.5) is 0 Å². The maximum Gasteiger partial charge on any atom is 0.224 e. The molecule has 116 valence electrons. The van der Waals surface area contributed by atoms with Gasteiger partial charge < -0.3 is 19.7 Å². The zero-order chi connectivity index (χ0) is 14.2. The molecule has 0 bridgehead atoms. The lowest BCUT2D eigenvalue weighted by Crippen LogP contribution is -2.37. The maximum absolute atomic E-state index is 12.2. The Morgan fingerprint density at radius 2 is 2.15 bits per heavy atom. The summed E-state index contributed by atoms with van der Waals surface area (Å²) in [6, 6.07) is 0. The van der Waals surface area contributed by atoms with E-state index in [1.807, 2.05) is 11.8 Å². The van der Waals surface area contributed by atoms with Crippen LogP contribution < -0.4 is 5.32 Å². The lowest BCUT2D eigenvalue weighted by molar-refractivity contribution is -0.133. The van der Waals surface area contributed by atoms with Crippen LogP contribution in [0.3, 0.4) is 0 Å². The summed E-state index contributed by atoms with van der Waals surface area (Å²) in [6.07, 6.45) is 4.04. The molecule has 5 heteroatoms. The molecule has 1 amide bonds. The van der Waals surface area contributed by atoms with Crippen molar-refractivity contribution in [2.75, 3.05) is 46.0 Å². The van der Waals surface area contributed by atoms with E-state index in [4.69, 9.17) is 9.47 Å². The zero-order valence-corrected chi connectivity index (χ0v) is 12.6.